The molecular weight excluding hydrogens is 480 g/mol. The molecule has 0 spiro atoms. The first-order chi connectivity index (χ1) is 18.4. The molecule has 1 unspecified atom stereocenters. The second-order valence-electron chi connectivity index (χ2n) is 11.0. The second-order valence-corrected chi connectivity index (χ2v) is 11.0. The topological polar surface area (TPSA) is 87.5 Å². The lowest BCUT2D eigenvalue weighted by atomic mass is 9.72. The highest BCUT2D eigenvalue weighted by atomic mass is 16.5. The Morgan fingerprint density at radius 1 is 1.13 bits per heavy atom. The van der Waals surface area contributed by atoms with Gasteiger partial charge in [-0.15, -0.1) is 0 Å². The van der Waals surface area contributed by atoms with Crippen LogP contribution in [-0.2, 0) is 44.1 Å². The van der Waals surface area contributed by atoms with Crippen LogP contribution in [-0.4, -0.2) is 27.6 Å². The average Bonchev–Trinajstić information content (AvgIpc) is 3.28. The summed E-state index contributed by atoms with van der Waals surface area (Å²) in [5.74, 6) is -0.871. The Morgan fingerprint density at radius 2 is 1.92 bits per heavy atom. The average molecular weight is 515 g/mol. The zero-order valence-corrected chi connectivity index (χ0v) is 22.4. The summed E-state index contributed by atoms with van der Waals surface area (Å²) in [5.41, 5.74) is 5.40. The van der Waals surface area contributed by atoms with Crippen LogP contribution in [0.1, 0.15) is 86.6 Å². The Kier molecular flexibility index (Phi) is 6.12. The van der Waals surface area contributed by atoms with Gasteiger partial charge in [-0.05, 0) is 74.8 Å². The highest BCUT2D eigenvalue weighted by Crippen LogP contribution is 2.43. The predicted molar refractivity (Wildman–Crippen MR) is 144 cm³/mol. The highest BCUT2D eigenvalue weighted by molar-refractivity contribution is 5.92. The number of pyridine rings is 2. The predicted octanol–water partition coefficient (Wildman–Crippen LogP) is 5.27. The van der Waals surface area contributed by atoms with Crippen molar-refractivity contribution in [3.8, 4) is 11.4 Å². The fourth-order valence-electron chi connectivity index (χ4n) is 6.71. The largest absolute Gasteiger partial charge is 0.462 e. The van der Waals surface area contributed by atoms with Gasteiger partial charge >= 0.3 is 11.9 Å². The lowest BCUT2D eigenvalue weighted by molar-refractivity contribution is -0.163. The van der Waals surface area contributed by atoms with E-state index in [0.29, 0.717) is 29.8 Å². The van der Waals surface area contributed by atoms with Gasteiger partial charge in [-0.1, -0.05) is 31.9 Å². The second kappa shape index (κ2) is 9.37. The first-order valence-corrected chi connectivity index (χ1v) is 13.9. The van der Waals surface area contributed by atoms with E-state index in [0.717, 1.165) is 60.7 Å². The standard InChI is InChI=1S/C31H34N2O5/c1-4-20-21-13-18(3)11-12-25(21)32-28-22(20)16-33-26(28)14-24-23(29(33)35)17-37-30(36)31(24,5-2)15-27(34)38-19-9-7-6-8-10-19/h11-14,19H,4-10,15-17H2,1-3H3. The number of carbonyl (C=O) groups is 2. The van der Waals surface area contributed by atoms with Crippen LogP contribution in [0.2, 0.25) is 0 Å². The summed E-state index contributed by atoms with van der Waals surface area (Å²) in [5, 5.41) is 1.11. The Bertz CT molecular complexity index is 1530. The van der Waals surface area contributed by atoms with Crippen LogP contribution < -0.4 is 5.56 Å². The van der Waals surface area contributed by atoms with E-state index < -0.39 is 17.4 Å². The molecule has 198 valence electrons. The third-order valence-electron chi connectivity index (χ3n) is 8.83. The highest BCUT2D eigenvalue weighted by Gasteiger charge is 2.49. The van der Waals surface area contributed by atoms with Crippen molar-refractivity contribution in [1.29, 1.82) is 0 Å². The number of fused-ring (bicyclic) bond motifs is 5. The van der Waals surface area contributed by atoms with Gasteiger partial charge in [-0.2, -0.15) is 0 Å². The minimum Gasteiger partial charge on any atom is -0.462 e. The van der Waals surface area contributed by atoms with Gasteiger partial charge in [0.05, 0.1) is 35.4 Å². The summed E-state index contributed by atoms with van der Waals surface area (Å²) < 4.78 is 13.1. The summed E-state index contributed by atoms with van der Waals surface area (Å²) in [7, 11) is 0. The fourth-order valence-corrected chi connectivity index (χ4v) is 6.71. The van der Waals surface area contributed by atoms with Gasteiger partial charge in [0.15, 0.2) is 0 Å². The van der Waals surface area contributed by atoms with Crippen LogP contribution in [0.3, 0.4) is 0 Å². The number of nitrogens with zero attached hydrogens (tertiary/aromatic N) is 2. The van der Waals surface area contributed by atoms with E-state index in [-0.39, 0.29) is 24.7 Å². The van der Waals surface area contributed by atoms with E-state index >= 15 is 0 Å². The molecule has 1 aliphatic carbocycles. The van der Waals surface area contributed by atoms with Crippen LogP contribution in [0.5, 0.6) is 0 Å². The van der Waals surface area contributed by atoms with Crippen LogP contribution in [0.4, 0.5) is 0 Å². The van der Waals surface area contributed by atoms with Crippen molar-refractivity contribution >= 4 is 22.8 Å². The van der Waals surface area contributed by atoms with Crippen LogP contribution in [0.25, 0.3) is 22.3 Å². The maximum atomic E-state index is 13.9. The minimum absolute atomic E-state index is 0.0850. The summed E-state index contributed by atoms with van der Waals surface area (Å²) in [6, 6.07) is 8.15. The first-order valence-electron chi connectivity index (χ1n) is 13.9. The van der Waals surface area contributed by atoms with Crippen molar-refractivity contribution in [1.82, 2.24) is 9.55 Å². The number of rotatable bonds is 5. The zero-order valence-electron chi connectivity index (χ0n) is 22.4. The van der Waals surface area contributed by atoms with Crippen LogP contribution in [0.15, 0.2) is 29.1 Å². The molecule has 38 heavy (non-hydrogen) atoms. The Balaban J connectivity index is 1.47. The lowest BCUT2D eigenvalue weighted by Gasteiger charge is -2.36. The SMILES string of the molecule is CCc1c2c(nc3ccc(C)cc13)-c1cc3c(c(=O)n1C2)COC(=O)C3(CC)CC(=O)OC1CCCCC1. The van der Waals surface area contributed by atoms with Crippen molar-refractivity contribution in [2.75, 3.05) is 0 Å². The third kappa shape index (κ3) is 3.77. The number of hydrogen-bond donors (Lipinski definition) is 0. The molecule has 0 N–H and O–H groups in total. The van der Waals surface area contributed by atoms with Crippen molar-refractivity contribution in [3.05, 3.63) is 62.4 Å². The van der Waals surface area contributed by atoms with Gasteiger partial charge < -0.3 is 14.0 Å². The normalized spacial score (nSPS) is 20.6. The molecule has 2 aromatic heterocycles. The molecule has 6 rings (SSSR count). The molecule has 3 aromatic rings. The molecule has 1 atom stereocenters. The van der Waals surface area contributed by atoms with E-state index in [1.807, 2.05) is 25.1 Å². The lowest BCUT2D eigenvalue weighted by Crippen LogP contribution is -2.46. The molecule has 2 aliphatic heterocycles. The fraction of sp³-hybridized carbons (Fsp3) is 0.484. The molecule has 1 saturated carbocycles. The van der Waals surface area contributed by atoms with Crippen molar-refractivity contribution in [3.63, 3.8) is 0 Å². The van der Waals surface area contributed by atoms with Crippen molar-refractivity contribution < 1.29 is 19.1 Å². The number of esters is 2. The number of carbonyl (C=O) groups excluding carboxylic acids is 2. The number of ether oxygens (including phenoxy) is 2. The maximum absolute atomic E-state index is 13.9. The Hall–Kier alpha value is -3.48. The van der Waals surface area contributed by atoms with Gasteiger partial charge in [0, 0.05) is 10.9 Å². The van der Waals surface area contributed by atoms with Crippen molar-refractivity contribution in [2.24, 2.45) is 0 Å². The summed E-state index contributed by atoms with van der Waals surface area (Å²) in [6.07, 6.45) is 5.89. The van der Waals surface area contributed by atoms with Gasteiger partial charge in [-0.25, -0.2) is 4.98 Å². The van der Waals surface area contributed by atoms with Gasteiger partial charge in [0.1, 0.15) is 18.1 Å². The van der Waals surface area contributed by atoms with Crippen LogP contribution >= 0.6 is 0 Å². The molecule has 7 nitrogen and oxygen atoms in total. The van der Waals surface area contributed by atoms with E-state index in [1.165, 1.54) is 11.1 Å². The number of cyclic esters (lactones) is 1. The molecule has 1 aromatic carbocycles. The molecule has 4 heterocycles. The molecule has 7 heteroatoms. The minimum atomic E-state index is -1.25. The first kappa shape index (κ1) is 24.8. The van der Waals surface area contributed by atoms with Gasteiger partial charge in [0.25, 0.3) is 5.56 Å². The van der Waals surface area contributed by atoms with Crippen molar-refractivity contribution in [2.45, 2.75) is 96.8 Å². The molecule has 0 amide bonds. The third-order valence-corrected chi connectivity index (χ3v) is 8.83. The molecule has 0 radical (unpaired) electrons. The quantitative estimate of drug-likeness (QED) is 0.337. The summed E-state index contributed by atoms with van der Waals surface area (Å²) >= 11 is 0. The molecule has 0 saturated heterocycles. The summed E-state index contributed by atoms with van der Waals surface area (Å²) in [4.78, 5) is 45.4. The smallest absolute Gasteiger partial charge is 0.317 e. The molecular formula is C31H34N2O5. The molecule has 0 bridgehead atoms. The molecule has 1 fully saturated rings. The number of aromatic nitrogens is 2. The maximum Gasteiger partial charge on any atom is 0.317 e. The zero-order chi connectivity index (χ0) is 26.6. The van der Waals surface area contributed by atoms with E-state index in [4.69, 9.17) is 14.5 Å². The number of benzene rings is 1. The van der Waals surface area contributed by atoms with E-state index in [1.54, 1.807) is 4.57 Å². The monoisotopic (exact) mass is 514 g/mol. The number of hydrogen-bond acceptors (Lipinski definition) is 6. The van der Waals surface area contributed by atoms with E-state index in [2.05, 4.69) is 19.9 Å². The van der Waals surface area contributed by atoms with Crippen LogP contribution in [0, 0.1) is 6.92 Å². The van der Waals surface area contributed by atoms with Gasteiger partial charge in [-0.3, -0.25) is 14.4 Å². The number of aryl methyl sites for hydroxylation is 2. The van der Waals surface area contributed by atoms with E-state index in [9.17, 15) is 14.4 Å². The Morgan fingerprint density at radius 3 is 2.66 bits per heavy atom. The van der Waals surface area contributed by atoms with Gasteiger partial charge in [0.2, 0.25) is 0 Å². The Labute approximate surface area is 222 Å². The summed E-state index contributed by atoms with van der Waals surface area (Å²) in [6.45, 7) is 6.42. The molecule has 3 aliphatic rings.